The fourth-order valence-electron chi connectivity index (χ4n) is 3.15. The summed E-state index contributed by atoms with van der Waals surface area (Å²) in [6, 6.07) is 2.03. The molecule has 0 radical (unpaired) electrons. The summed E-state index contributed by atoms with van der Waals surface area (Å²) in [7, 11) is 0. The zero-order valence-corrected chi connectivity index (χ0v) is 15.1. The molecule has 24 heavy (non-hydrogen) atoms. The average molecular weight is 358 g/mol. The normalized spacial score (nSPS) is 18.0. The van der Waals surface area contributed by atoms with Crippen LogP contribution in [0.15, 0.2) is 0 Å². The Morgan fingerprint density at radius 3 is 2.46 bits per heavy atom. The zero-order valence-electron chi connectivity index (χ0n) is 14.3. The lowest BCUT2D eigenvalue weighted by atomic mass is 9.72. The quantitative estimate of drug-likeness (QED) is 0.770. The first-order chi connectivity index (χ1) is 11.0. The third-order valence-electron chi connectivity index (χ3n) is 4.63. The molecule has 0 N–H and O–H groups in total. The molecule has 132 valence electrons. The molecule has 0 unspecified atom stereocenters. The number of rotatable bonds is 2. The summed E-state index contributed by atoms with van der Waals surface area (Å²) < 4.78 is 38.5. The monoisotopic (exact) mass is 358 g/mol. The minimum atomic E-state index is -4.94. The van der Waals surface area contributed by atoms with Gasteiger partial charge in [-0.2, -0.15) is 18.4 Å². The minimum absolute atomic E-state index is 0.0981. The molecule has 1 aromatic heterocycles. The molecule has 0 aliphatic heterocycles. The molecule has 1 aromatic rings. The molecule has 0 aromatic carbocycles. The molecule has 1 atom stereocenters. The summed E-state index contributed by atoms with van der Waals surface area (Å²) in [6.07, 6.45) is -2.62. The van der Waals surface area contributed by atoms with Gasteiger partial charge in [0.25, 0.3) is 0 Å². The van der Waals surface area contributed by atoms with Crippen molar-refractivity contribution in [3.05, 3.63) is 16.0 Å². The number of nitrogens with zero attached hydrogens (tertiary/aromatic N) is 2. The maximum atomic E-state index is 12.8. The van der Waals surface area contributed by atoms with Gasteiger partial charge in [-0.25, -0.2) is 0 Å². The van der Waals surface area contributed by atoms with Crippen LogP contribution in [-0.4, -0.2) is 18.6 Å². The highest BCUT2D eigenvalue weighted by atomic mass is 32.1. The third kappa shape index (κ3) is 3.44. The van der Waals surface area contributed by atoms with E-state index >= 15 is 0 Å². The summed E-state index contributed by atoms with van der Waals surface area (Å²) >= 11 is 1.17. The number of hydrogen-bond donors (Lipinski definition) is 0. The molecule has 1 amide bonds. The van der Waals surface area contributed by atoms with E-state index in [0.717, 1.165) is 23.3 Å². The number of thiophene rings is 1. The number of anilines is 1. The second-order valence-corrected chi connectivity index (χ2v) is 8.23. The smallest absolute Gasteiger partial charge is 0.295 e. The lowest BCUT2D eigenvalue weighted by molar-refractivity contribution is -0.170. The van der Waals surface area contributed by atoms with Gasteiger partial charge in [0, 0.05) is 11.4 Å². The minimum Gasteiger partial charge on any atom is -0.295 e. The highest BCUT2D eigenvalue weighted by Crippen LogP contribution is 2.45. The lowest BCUT2D eigenvalue weighted by Crippen LogP contribution is -2.41. The van der Waals surface area contributed by atoms with Crippen LogP contribution in [0, 0.1) is 22.7 Å². The topological polar surface area (TPSA) is 44.1 Å². The van der Waals surface area contributed by atoms with Crippen molar-refractivity contribution in [1.82, 2.24) is 0 Å². The van der Waals surface area contributed by atoms with Crippen molar-refractivity contribution in [3.8, 4) is 6.07 Å². The number of hydrogen-bond acceptors (Lipinski definition) is 3. The van der Waals surface area contributed by atoms with Crippen molar-refractivity contribution < 1.29 is 18.0 Å². The van der Waals surface area contributed by atoms with Crippen LogP contribution in [-0.2, 0) is 17.6 Å². The molecule has 3 nitrogen and oxygen atoms in total. The highest BCUT2D eigenvalue weighted by Gasteiger charge is 2.44. The molecule has 7 heteroatoms. The summed E-state index contributed by atoms with van der Waals surface area (Å²) in [4.78, 5) is 13.3. The van der Waals surface area contributed by atoms with Gasteiger partial charge in [0.05, 0.1) is 5.56 Å². The number of carbonyl (C=O) groups excluding carboxylic acids is 1. The Morgan fingerprint density at radius 2 is 2.00 bits per heavy atom. The Kier molecular flexibility index (Phi) is 5.01. The molecular formula is C17H21F3N2OS. The number of alkyl halides is 3. The van der Waals surface area contributed by atoms with E-state index in [2.05, 4.69) is 20.8 Å². The van der Waals surface area contributed by atoms with Crippen LogP contribution < -0.4 is 4.90 Å². The van der Waals surface area contributed by atoms with Gasteiger partial charge in [-0.1, -0.05) is 20.8 Å². The van der Waals surface area contributed by atoms with E-state index in [1.807, 2.05) is 6.07 Å². The van der Waals surface area contributed by atoms with Gasteiger partial charge in [-0.15, -0.1) is 11.3 Å². The molecule has 1 heterocycles. The van der Waals surface area contributed by atoms with Gasteiger partial charge in [0.15, 0.2) is 0 Å². The molecule has 1 aliphatic carbocycles. The lowest BCUT2D eigenvalue weighted by Gasteiger charge is -2.33. The number of amides is 1. The number of carbonyl (C=O) groups is 1. The number of halogens is 3. The molecule has 2 rings (SSSR count). The van der Waals surface area contributed by atoms with Crippen LogP contribution in [0.2, 0.25) is 0 Å². The molecule has 0 bridgehead atoms. The summed E-state index contributed by atoms with van der Waals surface area (Å²) in [5, 5.41) is 9.60. The first-order valence-corrected chi connectivity index (χ1v) is 8.75. The Balaban J connectivity index is 2.46. The molecule has 1 aliphatic rings. The molecule has 0 saturated carbocycles. The maximum absolute atomic E-state index is 12.8. The second-order valence-electron chi connectivity index (χ2n) is 7.15. The van der Waals surface area contributed by atoms with E-state index in [-0.39, 0.29) is 22.5 Å². The summed E-state index contributed by atoms with van der Waals surface area (Å²) in [5.41, 5.74) is 1.16. The van der Waals surface area contributed by atoms with E-state index in [0.29, 0.717) is 17.2 Å². The Hall–Kier alpha value is -1.55. The first kappa shape index (κ1) is 18.8. The fraction of sp³-hybridized carbons (Fsp3) is 0.647. The van der Waals surface area contributed by atoms with Crippen molar-refractivity contribution in [2.45, 2.75) is 53.1 Å². The average Bonchev–Trinajstić information content (AvgIpc) is 2.83. The molecule has 0 saturated heterocycles. The van der Waals surface area contributed by atoms with E-state index in [1.54, 1.807) is 0 Å². The number of nitriles is 1. The Bertz CT molecular complexity index is 680. The Labute approximate surface area is 144 Å². The molecule has 0 fully saturated rings. The highest BCUT2D eigenvalue weighted by molar-refractivity contribution is 7.16. The SMILES string of the molecule is CCN(C(=O)C(F)(F)F)c1sc2c(c1C#N)CC[C@@H](C(C)(C)C)C2. The van der Waals surface area contributed by atoms with Crippen LogP contribution in [0.25, 0.3) is 0 Å². The predicted molar refractivity (Wildman–Crippen MR) is 88.1 cm³/mol. The van der Waals surface area contributed by atoms with Crippen molar-refractivity contribution in [1.29, 1.82) is 5.26 Å². The van der Waals surface area contributed by atoms with E-state index < -0.39 is 12.1 Å². The third-order valence-corrected chi connectivity index (χ3v) is 5.91. The van der Waals surface area contributed by atoms with E-state index in [9.17, 15) is 23.2 Å². The van der Waals surface area contributed by atoms with Gasteiger partial charge in [0.2, 0.25) is 0 Å². The van der Waals surface area contributed by atoms with Crippen LogP contribution in [0.4, 0.5) is 18.2 Å². The van der Waals surface area contributed by atoms with Gasteiger partial charge in [0.1, 0.15) is 11.1 Å². The van der Waals surface area contributed by atoms with Gasteiger partial charge in [-0.05, 0) is 43.1 Å². The summed E-state index contributed by atoms with van der Waals surface area (Å²) in [6.45, 7) is 7.81. The van der Waals surface area contributed by atoms with E-state index in [4.69, 9.17) is 0 Å². The van der Waals surface area contributed by atoms with Crippen molar-refractivity contribution in [2.24, 2.45) is 11.3 Å². The summed E-state index contributed by atoms with van der Waals surface area (Å²) in [5.74, 6) is -1.50. The van der Waals surface area contributed by atoms with Crippen LogP contribution in [0.1, 0.15) is 50.1 Å². The standard InChI is InChI=1S/C17H21F3N2OS/c1-5-22(15(23)17(18,19)20)14-12(9-21)11-7-6-10(16(2,3)4)8-13(11)24-14/h10H,5-8H2,1-4H3/t10-/m1/s1. The molecule has 0 spiro atoms. The van der Waals surface area contributed by atoms with Gasteiger partial charge in [-0.3, -0.25) is 9.69 Å². The van der Waals surface area contributed by atoms with Gasteiger partial charge >= 0.3 is 12.1 Å². The second kappa shape index (κ2) is 6.40. The first-order valence-electron chi connectivity index (χ1n) is 7.94. The number of fused-ring (bicyclic) bond motifs is 1. The van der Waals surface area contributed by atoms with Crippen molar-refractivity contribution in [3.63, 3.8) is 0 Å². The predicted octanol–water partition coefficient (Wildman–Crippen LogP) is 4.69. The molecular weight excluding hydrogens is 337 g/mol. The largest absolute Gasteiger partial charge is 0.471 e. The van der Waals surface area contributed by atoms with Crippen LogP contribution in [0.3, 0.4) is 0 Å². The van der Waals surface area contributed by atoms with Crippen LogP contribution >= 0.6 is 11.3 Å². The van der Waals surface area contributed by atoms with Gasteiger partial charge < -0.3 is 0 Å². The van der Waals surface area contributed by atoms with Crippen molar-refractivity contribution >= 4 is 22.2 Å². The Morgan fingerprint density at radius 1 is 1.38 bits per heavy atom. The maximum Gasteiger partial charge on any atom is 0.471 e. The van der Waals surface area contributed by atoms with E-state index in [1.165, 1.54) is 18.3 Å². The zero-order chi connectivity index (χ0) is 18.3. The van der Waals surface area contributed by atoms with Crippen LogP contribution in [0.5, 0.6) is 0 Å². The van der Waals surface area contributed by atoms with Crippen molar-refractivity contribution in [2.75, 3.05) is 11.4 Å². The fourth-order valence-corrected chi connectivity index (χ4v) is 4.59.